The molecular formula is C11H26F14O4S. The first kappa shape index (κ1) is 56.8. The average molecular weight is 520 g/mol. The highest BCUT2D eigenvalue weighted by Gasteiger charge is 1.89. The largest absolute Gasteiger partial charge is 0.435 e. The molecule has 19 heteroatoms. The fourth-order valence-corrected chi connectivity index (χ4v) is 0.0505. The third-order valence-electron chi connectivity index (χ3n) is 0.309. The van der Waals surface area contributed by atoms with E-state index in [-0.39, 0.29) is 13.1 Å². The third kappa shape index (κ3) is 5050. The lowest BCUT2D eigenvalue weighted by Gasteiger charge is -1.73. The van der Waals surface area contributed by atoms with E-state index in [0.29, 0.717) is 14.4 Å². The molecule has 0 aromatic rings. The van der Waals surface area contributed by atoms with Crippen molar-refractivity contribution in [1.29, 1.82) is 0 Å². The van der Waals surface area contributed by atoms with E-state index >= 15 is 0 Å². The van der Waals surface area contributed by atoms with Crippen molar-refractivity contribution in [2.45, 2.75) is 13.3 Å². The van der Waals surface area contributed by atoms with Crippen LogP contribution in [0.1, 0.15) is 13.3 Å². The van der Waals surface area contributed by atoms with Gasteiger partial charge in [0.25, 0.3) is 0 Å². The normalized spacial score (nSPS) is 7.13. The standard InChI is InChI=1S/C3H6F2.C2H5F.CH2F2O.3CH2F2.2CH3F.FHO3S/c4-2-1-3-5;1-2-3;2-1-4-3;3*2-1-3;2*1-2;1-5(2,3)4/h1-3H2;2H2,1H3;1H2;3*1H2;2*1H3;(H,2,3,4). The van der Waals surface area contributed by atoms with Crippen LogP contribution in [-0.4, -0.2) is 75.0 Å². The van der Waals surface area contributed by atoms with E-state index in [4.69, 9.17) is 13.0 Å². The van der Waals surface area contributed by atoms with Crippen molar-refractivity contribution in [2.75, 3.05) is 62.0 Å². The van der Waals surface area contributed by atoms with Gasteiger partial charge < -0.3 is 0 Å². The maximum atomic E-state index is 10.8. The minimum absolute atomic E-state index is 0.0556. The summed E-state index contributed by atoms with van der Waals surface area (Å²) in [6.07, 6.45) is 0.0556. The first-order valence-electron chi connectivity index (χ1n) is 6.25. The van der Waals surface area contributed by atoms with Gasteiger partial charge in [-0.05, 0) is 11.4 Å². The van der Waals surface area contributed by atoms with Crippen molar-refractivity contribution in [3.63, 3.8) is 0 Å². The van der Waals surface area contributed by atoms with Gasteiger partial charge in [-0.15, -0.1) is 0 Å². The molecule has 1 N–H and O–H groups in total. The van der Waals surface area contributed by atoms with Crippen molar-refractivity contribution in [3.05, 3.63) is 0 Å². The summed E-state index contributed by atoms with van der Waals surface area (Å²) in [5.41, 5.74) is 0. The summed E-state index contributed by atoms with van der Waals surface area (Å²) >= 11 is 0. The minimum Gasteiger partial charge on any atom is -0.260 e. The van der Waals surface area contributed by atoms with Crippen LogP contribution in [0.2, 0.25) is 0 Å². The lowest BCUT2D eigenvalue weighted by molar-refractivity contribution is -0.167. The van der Waals surface area contributed by atoms with Gasteiger partial charge in [-0.2, -0.15) is 13.4 Å². The number of rotatable bonds is 3. The van der Waals surface area contributed by atoms with Crippen molar-refractivity contribution < 1.29 is 79.0 Å². The van der Waals surface area contributed by atoms with E-state index in [1.54, 1.807) is 0 Å². The molecule has 30 heavy (non-hydrogen) atoms. The van der Waals surface area contributed by atoms with E-state index in [1.165, 1.54) is 6.92 Å². The second-order valence-corrected chi connectivity index (χ2v) is 2.76. The third-order valence-corrected chi connectivity index (χ3v) is 0.309. The van der Waals surface area contributed by atoms with E-state index in [0.717, 1.165) is 0 Å². The topological polar surface area (TPSA) is 63.6 Å². The summed E-state index contributed by atoms with van der Waals surface area (Å²) in [7, 11) is -4.17. The zero-order valence-corrected chi connectivity index (χ0v) is 16.8. The van der Waals surface area contributed by atoms with Gasteiger partial charge in [0.1, 0.15) is 0 Å². The van der Waals surface area contributed by atoms with Crippen LogP contribution in [0.3, 0.4) is 0 Å². The highest BCUT2D eigenvalue weighted by Crippen LogP contribution is 1.77. The number of hydrogen-bond acceptors (Lipinski definition) is 3. The summed E-state index contributed by atoms with van der Waals surface area (Å²) in [6.45, 7) is -6.45. The van der Waals surface area contributed by atoms with Crippen LogP contribution in [0.4, 0.5) is 61.1 Å². The molecule has 0 saturated carbocycles. The fraction of sp³-hybridized carbons (Fsp3) is 1.00. The molecule has 0 aliphatic carbocycles. The molecule has 0 radical (unpaired) electrons. The lowest BCUT2D eigenvalue weighted by atomic mass is 10.5. The molecule has 4 nitrogen and oxygen atoms in total. The maximum absolute atomic E-state index is 10.8. The molecule has 0 heterocycles. The molecule has 0 aromatic heterocycles. The minimum atomic E-state index is -5.17. The molecule has 0 spiro atoms. The Hall–Kier alpha value is -1.11. The molecule has 0 saturated heterocycles. The van der Waals surface area contributed by atoms with Crippen molar-refractivity contribution in [2.24, 2.45) is 0 Å². The van der Waals surface area contributed by atoms with Crippen LogP contribution in [0.5, 0.6) is 0 Å². The first-order chi connectivity index (χ1) is 14.0. The lowest BCUT2D eigenvalue weighted by Crippen LogP contribution is -1.80. The summed E-state index contributed by atoms with van der Waals surface area (Å²) in [4.78, 5) is 2.38. The molecule has 0 unspecified atom stereocenters. The second-order valence-electron chi connectivity index (χ2n) is 1.93. The maximum Gasteiger partial charge on any atom is 0.435 e. The highest BCUT2D eigenvalue weighted by atomic mass is 32.3. The molecule has 0 rings (SSSR count). The van der Waals surface area contributed by atoms with Crippen LogP contribution in [-0.2, 0) is 15.4 Å². The molecular weight excluding hydrogens is 494 g/mol. The predicted octanol–water partition coefficient (Wildman–Crippen LogP) is 6.68. The van der Waals surface area contributed by atoms with Crippen LogP contribution < -0.4 is 0 Å². The van der Waals surface area contributed by atoms with Crippen molar-refractivity contribution in [1.82, 2.24) is 0 Å². The van der Waals surface area contributed by atoms with E-state index in [1.807, 2.05) is 0 Å². The first-order valence-corrected chi connectivity index (χ1v) is 7.59. The Morgan fingerprint density at radius 2 is 0.800 bits per heavy atom. The van der Waals surface area contributed by atoms with E-state index in [9.17, 15) is 61.1 Å². The Morgan fingerprint density at radius 3 is 0.800 bits per heavy atom. The van der Waals surface area contributed by atoms with Gasteiger partial charge in [-0.25, -0.2) is 30.7 Å². The van der Waals surface area contributed by atoms with Crippen LogP contribution in [0.25, 0.3) is 0 Å². The second kappa shape index (κ2) is 105. The van der Waals surface area contributed by atoms with Crippen LogP contribution >= 0.6 is 0 Å². The molecule has 0 amide bonds. The zero-order chi connectivity index (χ0) is 26.9. The Kier molecular flexibility index (Phi) is 198. The zero-order valence-electron chi connectivity index (χ0n) is 16.0. The van der Waals surface area contributed by atoms with Gasteiger partial charge in [0.15, 0.2) is 0 Å². The molecule has 0 aromatic carbocycles. The van der Waals surface area contributed by atoms with Gasteiger partial charge in [0.05, 0.1) is 34.4 Å². The van der Waals surface area contributed by atoms with Crippen molar-refractivity contribution in [3.8, 4) is 0 Å². The molecule has 0 fully saturated rings. The smallest absolute Gasteiger partial charge is 0.260 e. The summed E-state index contributed by atoms with van der Waals surface area (Å²) in [5.74, 6) is 0. The number of hydrogen-bond donors (Lipinski definition) is 1. The van der Waals surface area contributed by atoms with Crippen LogP contribution in [0, 0.1) is 0 Å². The Morgan fingerprint density at radius 1 is 0.700 bits per heavy atom. The quantitative estimate of drug-likeness (QED) is 0.256. The number of halogens is 14. The van der Waals surface area contributed by atoms with Gasteiger partial charge >= 0.3 is 10.5 Å². The Balaban J connectivity index is -0.0000000241. The van der Waals surface area contributed by atoms with Gasteiger partial charge in [0.2, 0.25) is 27.6 Å². The summed E-state index contributed by atoms with van der Waals surface area (Å²) < 4.78 is 163. The Bertz CT molecular complexity index is 222. The molecule has 0 aliphatic heterocycles. The molecule has 0 atom stereocenters. The Labute approximate surface area is 166 Å². The summed E-state index contributed by atoms with van der Waals surface area (Å²) in [6, 6.07) is 0. The van der Waals surface area contributed by atoms with Crippen molar-refractivity contribution >= 4 is 10.5 Å². The molecule has 198 valence electrons. The SMILES string of the molecule is CCF.CF.CF.FCCCF.FCF.FCF.FCF.FCOF.O=S(=O)(O)F. The summed E-state index contributed by atoms with van der Waals surface area (Å²) in [5, 5.41) is 0. The monoisotopic (exact) mass is 520 g/mol. The molecule has 0 bridgehead atoms. The van der Waals surface area contributed by atoms with E-state index in [2.05, 4.69) is 4.94 Å². The average Bonchev–Trinajstić information content (AvgIpc) is 2.67. The van der Waals surface area contributed by atoms with Gasteiger partial charge in [0, 0.05) is 6.42 Å². The fourth-order valence-electron chi connectivity index (χ4n) is 0.0505. The van der Waals surface area contributed by atoms with E-state index < -0.39 is 51.5 Å². The highest BCUT2D eigenvalue weighted by molar-refractivity contribution is 7.80. The molecule has 0 aliphatic rings. The predicted molar refractivity (Wildman–Crippen MR) is 84.4 cm³/mol. The van der Waals surface area contributed by atoms with Gasteiger partial charge in [-0.1, -0.05) is 3.89 Å². The van der Waals surface area contributed by atoms with Crippen LogP contribution in [0.15, 0.2) is 0 Å². The van der Waals surface area contributed by atoms with Gasteiger partial charge in [-0.3, -0.25) is 26.5 Å². The number of alkyl halides is 12.